The lowest BCUT2D eigenvalue weighted by atomic mass is 10.1. The van der Waals surface area contributed by atoms with Gasteiger partial charge in [0.1, 0.15) is 17.9 Å². The third-order valence-electron chi connectivity index (χ3n) is 5.11. The van der Waals surface area contributed by atoms with E-state index >= 15 is 0 Å². The Hall–Kier alpha value is -4.32. The van der Waals surface area contributed by atoms with Crippen LogP contribution in [0.25, 0.3) is 17.1 Å². The molecular formula is C25H20F4N6OS. The van der Waals surface area contributed by atoms with Gasteiger partial charge in [0.2, 0.25) is 0 Å². The SMILES string of the molecule is Cc1cc(F)cc(C)c1NC(=S)N/N=C/c1ccc(-c2ncn(-c3ccc(OC(F)(F)F)cc3)n2)cc1. The average molecular weight is 529 g/mol. The maximum atomic E-state index is 13.5. The zero-order valence-corrected chi connectivity index (χ0v) is 20.4. The molecule has 0 aliphatic rings. The van der Waals surface area contributed by atoms with Crippen LogP contribution in [-0.4, -0.2) is 32.5 Å². The monoisotopic (exact) mass is 528 g/mol. The van der Waals surface area contributed by atoms with Gasteiger partial charge in [-0.2, -0.15) is 5.10 Å². The molecule has 1 aromatic heterocycles. The summed E-state index contributed by atoms with van der Waals surface area (Å²) in [4.78, 5) is 4.26. The number of anilines is 1. The highest BCUT2D eigenvalue weighted by molar-refractivity contribution is 7.80. The van der Waals surface area contributed by atoms with Crippen molar-refractivity contribution in [3.05, 3.63) is 89.5 Å². The summed E-state index contributed by atoms with van der Waals surface area (Å²) in [5.74, 6) is -0.190. The van der Waals surface area contributed by atoms with Crippen LogP contribution in [0.4, 0.5) is 23.2 Å². The van der Waals surface area contributed by atoms with E-state index in [0.29, 0.717) is 11.5 Å². The number of rotatable bonds is 6. The first-order chi connectivity index (χ1) is 17.6. The van der Waals surface area contributed by atoms with Crippen molar-refractivity contribution < 1.29 is 22.3 Å². The quantitative estimate of drug-likeness (QED) is 0.140. The van der Waals surface area contributed by atoms with E-state index in [1.807, 2.05) is 24.3 Å². The molecule has 0 saturated carbocycles. The minimum absolute atomic E-state index is 0.262. The summed E-state index contributed by atoms with van der Waals surface area (Å²) < 4.78 is 55.8. The van der Waals surface area contributed by atoms with Crippen LogP contribution in [0.15, 0.2) is 72.1 Å². The van der Waals surface area contributed by atoms with Crippen LogP contribution >= 0.6 is 12.2 Å². The molecule has 2 N–H and O–H groups in total. The fourth-order valence-electron chi connectivity index (χ4n) is 3.45. The Morgan fingerprint density at radius 1 is 1.03 bits per heavy atom. The fourth-order valence-corrected chi connectivity index (χ4v) is 3.61. The van der Waals surface area contributed by atoms with Crippen molar-refractivity contribution >= 4 is 29.2 Å². The van der Waals surface area contributed by atoms with Crippen molar-refractivity contribution in [2.45, 2.75) is 20.2 Å². The van der Waals surface area contributed by atoms with Crippen molar-refractivity contribution in [3.63, 3.8) is 0 Å². The molecule has 0 fully saturated rings. The number of thiocarbonyl (C=S) groups is 1. The minimum atomic E-state index is -4.75. The molecule has 0 saturated heterocycles. The molecule has 0 radical (unpaired) electrons. The number of hydrazone groups is 1. The predicted molar refractivity (Wildman–Crippen MR) is 136 cm³/mol. The van der Waals surface area contributed by atoms with E-state index in [0.717, 1.165) is 27.9 Å². The number of hydrogen-bond donors (Lipinski definition) is 2. The Morgan fingerprint density at radius 2 is 1.68 bits per heavy atom. The van der Waals surface area contributed by atoms with E-state index in [1.54, 1.807) is 20.1 Å². The average Bonchev–Trinajstić information content (AvgIpc) is 3.32. The van der Waals surface area contributed by atoms with E-state index < -0.39 is 6.36 Å². The van der Waals surface area contributed by atoms with Crippen molar-refractivity contribution in [3.8, 4) is 22.8 Å². The van der Waals surface area contributed by atoms with Crippen LogP contribution < -0.4 is 15.5 Å². The number of nitrogens with one attached hydrogen (secondary N) is 2. The smallest absolute Gasteiger partial charge is 0.406 e. The molecule has 0 aliphatic heterocycles. The summed E-state index contributed by atoms with van der Waals surface area (Å²) in [7, 11) is 0. The number of nitrogens with zero attached hydrogens (tertiary/aromatic N) is 4. The fraction of sp³-hybridized carbons (Fsp3) is 0.120. The summed E-state index contributed by atoms with van der Waals surface area (Å²) in [6, 6.07) is 15.4. The van der Waals surface area contributed by atoms with Gasteiger partial charge in [0, 0.05) is 11.3 Å². The Balaban J connectivity index is 1.35. The van der Waals surface area contributed by atoms with E-state index in [4.69, 9.17) is 12.2 Å². The van der Waals surface area contributed by atoms with Gasteiger partial charge < -0.3 is 10.1 Å². The maximum Gasteiger partial charge on any atom is 0.573 e. The van der Waals surface area contributed by atoms with Gasteiger partial charge in [0.25, 0.3) is 0 Å². The van der Waals surface area contributed by atoms with Crippen LogP contribution in [0.5, 0.6) is 5.75 Å². The van der Waals surface area contributed by atoms with Gasteiger partial charge >= 0.3 is 6.36 Å². The maximum absolute atomic E-state index is 13.5. The minimum Gasteiger partial charge on any atom is -0.406 e. The predicted octanol–water partition coefficient (Wildman–Crippen LogP) is 5.91. The van der Waals surface area contributed by atoms with E-state index in [1.165, 1.54) is 47.4 Å². The molecule has 37 heavy (non-hydrogen) atoms. The second-order valence-corrected chi connectivity index (χ2v) is 8.32. The van der Waals surface area contributed by atoms with Crippen LogP contribution in [0.3, 0.4) is 0 Å². The molecule has 0 aliphatic carbocycles. The molecular weight excluding hydrogens is 508 g/mol. The first kappa shape index (κ1) is 25.8. The van der Waals surface area contributed by atoms with Crippen LogP contribution in [0.1, 0.15) is 16.7 Å². The standard InChI is InChI=1S/C25H20F4N6OS/c1-15-11-19(26)12-16(2)22(15)32-24(37)33-31-13-17-3-5-18(6-4-17)23-30-14-35(34-23)20-7-9-21(10-8-20)36-25(27,28)29/h3-14H,1-2H3,(H2,32,33,37)/b31-13+. The second-order valence-electron chi connectivity index (χ2n) is 7.92. The van der Waals surface area contributed by atoms with Crippen molar-refractivity contribution in [1.29, 1.82) is 0 Å². The Labute approximate surface area is 214 Å². The first-order valence-corrected chi connectivity index (χ1v) is 11.2. The molecule has 0 amide bonds. The highest BCUT2D eigenvalue weighted by Gasteiger charge is 2.31. The molecule has 12 heteroatoms. The Bertz CT molecular complexity index is 1410. The molecule has 0 unspecified atom stereocenters. The molecule has 4 aromatic rings. The molecule has 0 bridgehead atoms. The van der Waals surface area contributed by atoms with Crippen LogP contribution in [0, 0.1) is 19.7 Å². The van der Waals surface area contributed by atoms with Gasteiger partial charge in [-0.05, 0) is 79.2 Å². The van der Waals surface area contributed by atoms with Crippen molar-refractivity contribution in [1.82, 2.24) is 20.2 Å². The number of ether oxygens (including phenoxy) is 1. The Kier molecular flexibility index (Phi) is 7.48. The van der Waals surface area contributed by atoms with Crippen LogP contribution in [-0.2, 0) is 0 Å². The Morgan fingerprint density at radius 3 is 2.30 bits per heavy atom. The van der Waals surface area contributed by atoms with Crippen molar-refractivity contribution in [2.24, 2.45) is 5.10 Å². The molecule has 0 atom stereocenters. The van der Waals surface area contributed by atoms with Crippen LogP contribution in [0.2, 0.25) is 0 Å². The molecule has 1 heterocycles. The highest BCUT2D eigenvalue weighted by Crippen LogP contribution is 2.24. The number of alkyl halides is 3. The molecule has 190 valence electrons. The number of aryl methyl sites for hydroxylation is 2. The molecule has 7 nitrogen and oxygen atoms in total. The largest absolute Gasteiger partial charge is 0.573 e. The summed E-state index contributed by atoms with van der Waals surface area (Å²) >= 11 is 5.26. The van der Waals surface area contributed by atoms with Gasteiger partial charge in [-0.25, -0.2) is 14.1 Å². The van der Waals surface area contributed by atoms with E-state index in [-0.39, 0.29) is 16.7 Å². The number of benzene rings is 3. The number of aromatic nitrogens is 3. The lowest BCUT2D eigenvalue weighted by Gasteiger charge is -2.13. The molecule has 4 rings (SSSR count). The first-order valence-electron chi connectivity index (χ1n) is 10.8. The van der Waals surface area contributed by atoms with Gasteiger partial charge in [-0.15, -0.1) is 18.3 Å². The summed E-state index contributed by atoms with van der Waals surface area (Å²) in [5, 5.41) is 11.8. The second kappa shape index (κ2) is 10.7. The summed E-state index contributed by atoms with van der Waals surface area (Å²) in [6.45, 7) is 3.57. The zero-order chi connectivity index (χ0) is 26.6. The topological polar surface area (TPSA) is 76.4 Å². The van der Waals surface area contributed by atoms with Crippen molar-refractivity contribution in [2.75, 3.05) is 5.32 Å². The van der Waals surface area contributed by atoms with Gasteiger partial charge in [0.05, 0.1) is 11.9 Å². The van der Waals surface area contributed by atoms with E-state index in [9.17, 15) is 17.6 Å². The third-order valence-corrected chi connectivity index (χ3v) is 5.30. The lowest BCUT2D eigenvalue weighted by Crippen LogP contribution is -2.24. The lowest BCUT2D eigenvalue weighted by molar-refractivity contribution is -0.274. The van der Waals surface area contributed by atoms with E-state index in [2.05, 4.69) is 30.7 Å². The van der Waals surface area contributed by atoms with Gasteiger partial charge in [-0.1, -0.05) is 24.3 Å². The zero-order valence-electron chi connectivity index (χ0n) is 19.5. The number of hydrogen-bond acceptors (Lipinski definition) is 5. The van der Waals surface area contributed by atoms with Gasteiger partial charge in [0.15, 0.2) is 10.9 Å². The molecule has 0 spiro atoms. The summed E-state index contributed by atoms with van der Waals surface area (Å²) in [5.41, 5.74) is 6.95. The molecule has 3 aromatic carbocycles. The highest BCUT2D eigenvalue weighted by atomic mass is 32.1. The normalized spacial score (nSPS) is 11.5. The van der Waals surface area contributed by atoms with Gasteiger partial charge in [-0.3, -0.25) is 5.43 Å². The summed E-state index contributed by atoms with van der Waals surface area (Å²) in [6.07, 6.45) is -1.70. The number of halogens is 4. The third kappa shape index (κ3) is 6.88.